The van der Waals surface area contributed by atoms with Gasteiger partial charge in [-0.25, -0.2) is 4.98 Å². The molecule has 0 atom stereocenters. The highest BCUT2D eigenvalue weighted by Gasteiger charge is 2.13. The van der Waals surface area contributed by atoms with E-state index in [0.717, 1.165) is 40.0 Å². The van der Waals surface area contributed by atoms with Gasteiger partial charge in [-0.3, -0.25) is 14.6 Å². The summed E-state index contributed by atoms with van der Waals surface area (Å²) < 4.78 is 1.55. The smallest absolute Gasteiger partial charge is 0.252 e. The zero-order valence-corrected chi connectivity index (χ0v) is 16.8. The highest BCUT2D eigenvalue weighted by Crippen LogP contribution is 2.22. The van der Waals surface area contributed by atoms with E-state index < -0.39 is 0 Å². The number of aromatic nitrogens is 3. The summed E-state index contributed by atoms with van der Waals surface area (Å²) in [5, 5.41) is 6.77. The number of thiazole rings is 1. The number of amides is 1. The molecule has 7 heteroatoms. The molecular weight excluding hydrogens is 384 g/mol. The van der Waals surface area contributed by atoms with E-state index in [0.29, 0.717) is 12.1 Å². The van der Waals surface area contributed by atoms with Crippen molar-refractivity contribution in [1.29, 1.82) is 0 Å². The monoisotopic (exact) mass is 404 g/mol. The Labute approximate surface area is 171 Å². The number of hydrogen-bond acceptors (Lipinski definition) is 5. The highest BCUT2D eigenvalue weighted by molar-refractivity contribution is 7.09. The lowest BCUT2D eigenvalue weighted by molar-refractivity contribution is 0.0954. The molecule has 0 saturated heterocycles. The molecule has 4 aromatic rings. The SMILES string of the molecule is Cn1c(=O)cc(C(=O)NCCCc2nc(-c3ccncc3)cs2)c2ccccc21. The van der Waals surface area contributed by atoms with Crippen LogP contribution in [0.3, 0.4) is 0 Å². The zero-order valence-electron chi connectivity index (χ0n) is 16.0. The summed E-state index contributed by atoms with van der Waals surface area (Å²) in [6.07, 6.45) is 5.07. The number of aryl methyl sites for hydroxylation is 2. The van der Waals surface area contributed by atoms with Gasteiger partial charge in [-0.05, 0) is 24.6 Å². The summed E-state index contributed by atoms with van der Waals surface area (Å²) >= 11 is 1.62. The molecule has 0 saturated carbocycles. The van der Waals surface area contributed by atoms with Crippen LogP contribution in [0.1, 0.15) is 21.8 Å². The van der Waals surface area contributed by atoms with Gasteiger partial charge in [0.15, 0.2) is 0 Å². The fourth-order valence-electron chi connectivity index (χ4n) is 3.22. The van der Waals surface area contributed by atoms with Crippen molar-refractivity contribution in [1.82, 2.24) is 19.9 Å². The number of hydrogen-bond donors (Lipinski definition) is 1. The van der Waals surface area contributed by atoms with Crippen LogP contribution in [-0.2, 0) is 13.5 Å². The van der Waals surface area contributed by atoms with Gasteiger partial charge in [0.1, 0.15) is 0 Å². The molecule has 146 valence electrons. The summed E-state index contributed by atoms with van der Waals surface area (Å²) in [6.45, 7) is 0.520. The molecule has 1 amide bonds. The molecule has 1 aromatic carbocycles. The summed E-state index contributed by atoms with van der Waals surface area (Å²) in [4.78, 5) is 33.5. The van der Waals surface area contributed by atoms with Crippen LogP contribution in [0.25, 0.3) is 22.2 Å². The second-order valence-electron chi connectivity index (χ2n) is 6.69. The predicted molar refractivity (Wildman–Crippen MR) is 115 cm³/mol. The lowest BCUT2D eigenvalue weighted by atomic mass is 10.1. The van der Waals surface area contributed by atoms with Crippen LogP contribution in [0.2, 0.25) is 0 Å². The molecule has 3 aromatic heterocycles. The van der Waals surface area contributed by atoms with Crippen LogP contribution in [0, 0.1) is 0 Å². The van der Waals surface area contributed by atoms with Crippen molar-refractivity contribution in [2.75, 3.05) is 6.54 Å². The van der Waals surface area contributed by atoms with Crippen molar-refractivity contribution in [2.45, 2.75) is 12.8 Å². The van der Waals surface area contributed by atoms with Gasteiger partial charge in [-0.2, -0.15) is 0 Å². The number of carbonyl (C=O) groups is 1. The fraction of sp³-hybridized carbons (Fsp3) is 0.182. The molecular formula is C22H20N4O2S. The van der Waals surface area contributed by atoms with Gasteiger partial charge in [0.05, 0.1) is 21.8 Å². The topological polar surface area (TPSA) is 76.9 Å². The van der Waals surface area contributed by atoms with Crippen molar-refractivity contribution in [3.05, 3.63) is 81.2 Å². The average Bonchev–Trinajstić information content (AvgIpc) is 3.23. The van der Waals surface area contributed by atoms with Gasteiger partial charge >= 0.3 is 0 Å². The maximum atomic E-state index is 12.6. The molecule has 29 heavy (non-hydrogen) atoms. The van der Waals surface area contributed by atoms with Crippen molar-refractivity contribution >= 4 is 28.1 Å². The number of benzene rings is 1. The first-order chi connectivity index (χ1) is 14.1. The Bertz CT molecular complexity index is 1210. The van der Waals surface area contributed by atoms with E-state index in [-0.39, 0.29) is 11.5 Å². The first-order valence-electron chi connectivity index (χ1n) is 9.35. The second kappa shape index (κ2) is 8.36. The van der Waals surface area contributed by atoms with Gasteiger partial charge < -0.3 is 9.88 Å². The molecule has 0 spiro atoms. The lowest BCUT2D eigenvalue weighted by Crippen LogP contribution is -2.28. The molecule has 0 fully saturated rings. The Balaban J connectivity index is 1.38. The van der Waals surface area contributed by atoms with E-state index in [1.54, 1.807) is 35.3 Å². The van der Waals surface area contributed by atoms with E-state index in [9.17, 15) is 9.59 Å². The molecule has 6 nitrogen and oxygen atoms in total. The summed E-state index contributed by atoms with van der Waals surface area (Å²) in [6, 6.07) is 12.7. The average molecular weight is 404 g/mol. The minimum absolute atomic E-state index is 0.194. The minimum atomic E-state index is -0.226. The van der Waals surface area contributed by atoms with Crippen molar-refractivity contribution < 1.29 is 4.79 Å². The van der Waals surface area contributed by atoms with Crippen LogP contribution in [0.15, 0.2) is 65.0 Å². The van der Waals surface area contributed by atoms with Crippen LogP contribution in [0.5, 0.6) is 0 Å². The summed E-state index contributed by atoms with van der Waals surface area (Å²) in [5.41, 5.74) is 2.96. The first-order valence-corrected chi connectivity index (χ1v) is 10.2. The number of nitrogens with one attached hydrogen (secondary N) is 1. The Morgan fingerprint density at radius 1 is 1.17 bits per heavy atom. The van der Waals surface area contributed by atoms with Gasteiger partial charge in [-0.15, -0.1) is 11.3 Å². The molecule has 3 heterocycles. The predicted octanol–water partition coefficient (Wildman–Crippen LogP) is 3.42. The van der Waals surface area contributed by atoms with Gasteiger partial charge in [-0.1, -0.05) is 18.2 Å². The van der Waals surface area contributed by atoms with Crippen molar-refractivity contribution in [2.24, 2.45) is 7.05 Å². The van der Waals surface area contributed by atoms with Crippen LogP contribution >= 0.6 is 11.3 Å². The molecule has 0 aliphatic rings. The summed E-state index contributed by atoms with van der Waals surface area (Å²) in [5.74, 6) is -0.226. The quantitative estimate of drug-likeness (QED) is 0.500. The maximum absolute atomic E-state index is 12.6. The molecule has 0 bridgehead atoms. The van der Waals surface area contributed by atoms with E-state index in [1.165, 1.54) is 6.07 Å². The molecule has 0 aliphatic carbocycles. The third kappa shape index (κ3) is 4.09. The van der Waals surface area contributed by atoms with Gasteiger partial charge in [0.2, 0.25) is 0 Å². The molecule has 4 rings (SSSR count). The van der Waals surface area contributed by atoms with Gasteiger partial charge in [0.25, 0.3) is 11.5 Å². The van der Waals surface area contributed by atoms with E-state index in [1.807, 2.05) is 41.8 Å². The minimum Gasteiger partial charge on any atom is -0.352 e. The molecule has 0 unspecified atom stereocenters. The van der Waals surface area contributed by atoms with E-state index in [4.69, 9.17) is 0 Å². The molecule has 0 aliphatic heterocycles. The Morgan fingerprint density at radius 2 is 1.97 bits per heavy atom. The number of para-hydroxylation sites is 1. The Morgan fingerprint density at radius 3 is 2.79 bits per heavy atom. The van der Waals surface area contributed by atoms with Crippen LogP contribution < -0.4 is 10.9 Å². The lowest BCUT2D eigenvalue weighted by Gasteiger charge is -2.10. The third-order valence-electron chi connectivity index (χ3n) is 4.78. The fourth-order valence-corrected chi connectivity index (χ4v) is 4.07. The third-order valence-corrected chi connectivity index (χ3v) is 5.69. The van der Waals surface area contributed by atoms with E-state index in [2.05, 4.69) is 15.3 Å². The number of nitrogens with zero attached hydrogens (tertiary/aromatic N) is 3. The molecule has 1 N–H and O–H groups in total. The Kier molecular flexibility index (Phi) is 5.48. The van der Waals surface area contributed by atoms with Crippen LogP contribution in [0.4, 0.5) is 0 Å². The van der Waals surface area contributed by atoms with Crippen LogP contribution in [-0.4, -0.2) is 27.0 Å². The van der Waals surface area contributed by atoms with Crippen molar-refractivity contribution in [3.63, 3.8) is 0 Å². The second-order valence-corrected chi connectivity index (χ2v) is 7.64. The number of pyridine rings is 2. The number of carbonyl (C=O) groups excluding carboxylic acids is 1. The normalized spacial score (nSPS) is 10.9. The first kappa shape index (κ1) is 19.0. The highest BCUT2D eigenvalue weighted by atomic mass is 32.1. The largest absolute Gasteiger partial charge is 0.352 e. The maximum Gasteiger partial charge on any atom is 0.252 e. The molecule has 0 radical (unpaired) electrons. The van der Waals surface area contributed by atoms with Crippen molar-refractivity contribution in [3.8, 4) is 11.3 Å². The number of rotatable bonds is 6. The summed E-state index contributed by atoms with van der Waals surface area (Å²) in [7, 11) is 1.71. The zero-order chi connectivity index (χ0) is 20.2. The standard InChI is InChI=1S/C22H20N4O2S/c1-26-19-6-3-2-5-16(19)17(13-21(26)27)22(28)24-10-4-7-20-25-18(14-29-20)15-8-11-23-12-9-15/h2-3,5-6,8-9,11-14H,4,7,10H2,1H3,(H,24,28). The van der Waals surface area contributed by atoms with E-state index >= 15 is 0 Å². The Hall–Kier alpha value is -3.32. The van der Waals surface area contributed by atoms with Gasteiger partial charge in [0, 0.05) is 54.8 Å². The number of fused-ring (bicyclic) bond motifs is 1.